The van der Waals surface area contributed by atoms with Crippen LogP contribution in [0, 0.1) is 0 Å². The van der Waals surface area contributed by atoms with E-state index in [9.17, 15) is 4.79 Å². The van der Waals surface area contributed by atoms with Crippen molar-refractivity contribution in [2.75, 3.05) is 6.61 Å². The Bertz CT molecular complexity index is 496. The number of hydrogen-bond acceptors (Lipinski definition) is 2. The van der Waals surface area contributed by atoms with Crippen LogP contribution < -0.4 is 4.74 Å². The van der Waals surface area contributed by atoms with E-state index in [1.165, 1.54) is 43.2 Å². The lowest BCUT2D eigenvalue weighted by Gasteiger charge is -2.26. The number of carboxylic acids is 1. The van der Waals surface area contributed by atoms with Crippen LogP contribution >= 0.6 is 0 Å². The maximum atomic E-state index is 10.7. The topological polar surface area (TPSA) is 46.5 Å². The van der Waals surface area contributed by atoms with E-state index in [4.69, 9.17) is 9.84 Å². The maximum absolute atomic E-state index is 10.7. The van der Waals surface area contributed by atoms with Crippen molar-refractivity contribution in [2.45, 2.75) is 77.0 Å². The van der Waals surface area contributed by atoms with Gasteiger partial charge in [-0.3, -0.25) is 4.79 Å². The van der Waals surface area contributed by atoms with Gasteiger partial charge in [-0.1, -0.05) is 32.3 Å². The van der Waals surface area contributed by atoms with Crippen molar-refractivity contribution in [2.24, 2.45) is 0 Å². The van der Waals surface area contributed by atoms with Gasteiger partial charge in [0.1, 0.15) is 5.75 Å². The van der Waals surface area contributed by atoms with E-state index in [1.54, 1.807) is 0 Å². The molecule has 1 atom stereocenters. The molecule has 0 spiro atoms. The van der Waals surface area contributed by atoms with E-state index in [1.807, 2.05) is 0 Å². The lowest BCUT2D eigenvalue weighted by molar-refractivity contribution is -0.137. The molecular weight excluding hydrogens is 288 g/mol. The van der Waals surface area contributed by atoms with E-state index in [0.29, 0.717) is 5.92 Å². The predicted octanol–water partition coefficient (Wildman–Crippen LogP) is 5.32. The Kier molecular flexibility index (Phi) is 7.44. The molecule has 0 bridgehead atoms. The summed E-state index contributed by atoms with van der Waals surface area (Å²) in [6.07, 6.45) is 10.5. The van der Waals surface area contributed by atoms with E-state index in [-0.39, 0.29) is 6.42 Å². The molecule has 0 amide bonds. The highest BCUT2D eigenvalue weighted by molar-refractivity contribution is 5.66. The summed E-state index contributed by atoms with van der Waals surface area (Å²) in [6.45, 7) is 3.03. The lowest BCUT2D eigenvalue weighted by atomic mass is 9.80. The number of carbonyl (C=O) groups is 1. The summed E-state index contributed by atoms with van der Waals surface area (Å²) in [4.78, 5) is 10.7. The number of unbranched alkanes of at least 4 members (excludes halogenated alkanes) is 3. The summed E-state index contributed by atoms with van der Waals surface area (Å²) < 4.78 is 5.89. The fraction of sp³-hybridized carbons (Fsp3) is 0.650. The molecule has 1 N–H and O–H groups in total. The van der Waals surface area contributed by atoms with Gasteiger partial charge in [-0.15, -0.1) is 0 Å². The maximum Gasteiger partial charge on any atom is 0.303 e. The normalized spacial score (nSPS) is 16.8. The lowest BCUT2D eigenvalue weighted by Crippen LogP contribution is -2.11. The fourth-order valence-electron chi connectivity index (χ4n) is 3.50. The number of benzene rings is 1. The Morgan fingerprint density at radius 3 is 2.91 bits per heavy atom. The fourth-order valence-corrected chi connectivity index (χ4v) is 3.50. The number of ether oxygens (including phenoxy) is 1. The van der Waals surface area contributed by atoms with Crippen molar-refractivity contribution in [3.05, 3.63) is 29.3 Å². The van der Waals surface area contributed by atoms with Crippen molar-refractivity contribution < 1.29 is 14.6 Å². The summed E-state index contributed by atoms with van der Waals surface area (Å²) in [5.41, 5.74) is 2.82. The summed E-state index contributed by atoms with van der Waals surface area (Å²) in [5.74, 6) is 0.830. The van der Waals surface area contributed by atoms with Gasteiger partial charge in [0, 0.05) is 6.42 Å². The third-order valence-corrected chi connectivity index (χ3v) is 4.76. The zero-order valence-electron chi connectivity index (χ0n) is 14.4. The summed E-state index contributed by atoms with van der Waals surface area (Å²) in [7, 11) is 0. The predicted molar refractivity (Wildman–Crippen MR) is 93.2 cm³/mol. The van der Waals surface area contributed by atoms with Crippen molar-refractivity contribution >= 4 is 5.97 Å². The summed E-state index contributed by atoms with van der Waals surface area (Å²) in [5, 5.41) is 8.79. The van der Waals surface area contributed by atoms with Crippen molar-refractivity contribution in [1.29, 1.82) is 0 Å². The molecular formula is C20H30O3. The Morgan fingerprint density at radius 2 is 2.13 bits per heavy atom. The van der Waals surface area contributed by atoms with Crippen LogP contribution in [0.5, 0.6) is 5.75 Å². The zero-order valence-corrected chi connectivity index (χ0v) is 14.4. The Morgan fingerprint density at radius 1 is 1.26 bits per heavy atom. The smallest absolute Gasteiger partial charge is 0.303 e. The van der Waals surface area contributed by atoms with Crippen LogP contribution in [0.15, 0.2) is 18.2 Å². The van der Waals surface area contributed by atoms with Gasteiger partial charge >= 0.3 is 5.97 Å². The third-order valence-electron chi connectivity index (χ3n) is 4.76. The first-order valence-electron chi connectivity index (χ1n) is 9.18. The van der Waals surface area contributed by atoms with Crippen LogP contribution in [-0.2, 0) is 11.2 Å². The van der Waals surface area contributed by atoms with E-state index in [0.717, 1.165) is 38.0 Å². The van der Waals surface area contributed by atoms with Crippen LogP contribution in [0.2, 0.25) is 0 Å². The van der Waals surface area contributed by atoms with Crippen LogP contribution in [-0.4, -0.2) is 17.7 Å². The van der Waals surface area contributed by atoms with Crippen LogP contribution in [0.4, 0.5) is 0 Å². The molecule has 0 heterocycles. The molecule has 1 aromatic rings. The van der Waals surface area contributed by atoms with E-state index >= 15 is 0 Å². The second-order valence-electron chi connectivity index (χ2n) is 6.64. The standard InChI is InChI=1S/C20H30O3/c1-2-3-4-5-14-23-18-12-13-19-16(9-7-11-20(21)22)8-6-10-17(19)15-18/h12-13,15-16H,2-11,14H2,1H3,(H,21,22). The Labute approximate surface area is 140 Å². The Hall–Kier alpha value is -1.51. The molecule has 0 radical (unpaired) electrons. The van der Waals surface area contributed by atoms with Crippen molar-refractivity contribution in [1.82, 2.24) is 0 Å². The first kappa shape index (κ1) is 17.8. The average molecular weight is 318 g/mol. The molecule has 1 aromatic carbocycles. The minimum absolute atomic E-state index is 0.283. The second kappa shape index (κ2) is 9.59. The minimum Gasteiger partial charge on any atom is -0.494 e. The molecule has 2 rings (SSSR count). The number of aliphatic carboxylic acids is 1. The number of aryl methyl sites for hydroxylation is 1. The molecule has 0 fully saturated rings. The van der Waals surface area contributed by atoms with Gasteiger partial charge in [0.25, 0.3) is 0 Å². The number of carboxylic acid groups (broad SMARTS) is 1. The highest BCUT2D eigenvalue weighted by atomic mass is 16.5. The highest BCUT2D eigenvalue weighted by Crippen LogP contribution is 2.36. The second-order valence-corrected chi connectivity index (χ2v) is 6.64. The minimum atomic E-state index is -0.687. The molecule has 1 aliphatic carbocycles. The van der Waals surface area contributed by atoms with Gasteiger partial charge in [-0.05, 0) is 67.7 Å². The van der Waals surface area contributed by atoms with Crippen LogP contribution in [0.3, 0.4) is 0 Å². The number of rotatable bonds is 10. The van der Waals surface area contributed by atoms with Crippen molar-refractivity contribution in [3.63, 3.8) is 0 Å². The molecule has 0 saturated carbocycles. The first-order chi connectivity index (χ1) is 11.2. The van der Waals surface area contributed by atoms with Crippen LogP contribution in [0.1, 0.15) is 81.8 Å². The number of fused-ring (bicyclic) bond motifs is 1. The molecule has 0 aliphatic heterocycles. The molecule has 1 unspecified atom stereocenters. The van der Waals surface area contributed by atoms with Gasteiger partial charge in [0.05, 0.1) is 6.61 Å². The molecule has 1 aliphatic rings. The molecule has 128 valence electrons. The van der Waals surface area contributed by atoms with Gasteiger partial charge in [0.2, 0.25) is 0 Å². The van der Waals surface area contributed by atoms with Gasteiger partial charge in [0.15, 0.2) is 0 Å². The van der Waals surface area contributed by atoms with Gasteiger partial charge in [-0.2, -0.15) is 0 Å². The largest absolute Gasteiger partial charge is 0.494 e. The Balaban J connectivity index is 1.87. The molecule has 3 heteroatoms. The first-order valence-corrected chi connectivity index (χ1v) is 9.18. The van der Waals surface area contributed by atoms with Crippen LogP contribution in [0.25, 0.3) is 0 Å². The molecule has 3 nitrogen and oxygen atoms in total. The highest BCUT2D eigenvalue weighted by Gasteiger charge is 2.20. The summed E-state index contributed by atoms with van der Waals surface area (Å²) >= 11 is 0. The van der Waals surface area contributed by atoms with Gasteiger partial charge < -0.3 is 9.84 Å². The average Bonchev–Trinajstić information content (AvgIpc) is 2.54. The third kappa shape index (κ3) is 5.89. The monoisotopic (exact) mass is 318 g/mol. The van der Waals surface area contributed by atoms with E-state index in [2.05, 4.69) is 25.1 Å². The van der Waals surface area contributed by atoms with Crippen molar-refractivity contribution in [3.8, 4) is 5.75 Å². The molecule has 0 aromatic heterocycles. The molecule has 23 heavy (non-hydrogen) atoms. The zero-order chi connectivity index (χ0) is 16.5. The van der Waals surface area contributed by atoms with Gasteiger partial charge in [-0.25, -0.2) is 0 Å². The molecule has 0 saturated heterocycles. The van der Waals surface area contributed by atoms with E-state index < -0.39 is 5.97 Å². The number of hydrogen-bond donors (Lipinski definition) is 1. The summed E-state index contributed by atoms with van der Waals surface area (Å²) in [6, 6.07) is 6.51. The SMILES string of the molecule is CCCCCCOc1ccc2c(c1)CCCC2CCCC(=O)O. The quantitative estimate of drug-likeness (QED) is 0.594.